The van der Waals surface area contributed by atoms with E-state index >= 15 is 0 Å². The van der Waals surface area contributed by atoms with Gasteiger partial charge in [0.2, 0.25) is 0 Å². The molecule has 0 saturated heterocycles. The van der Waals surface area contributed by atoms with Gasteiger partial charge in [0.15, 0.2) is 11.2 Å². The summed E-state index contributed by atoms with van der Waals surface area (Å²) in [6, 6.07) is 7.85. The second kappa shape index (κ2) is 4.54. The third-order valence-corrected chi connectivity index (χ3v) is 3.63. The molecule has 0 bridgehead atoms. The van der Waals surface area contributed by atoms with Gasteiger partial charge < -0.3 is 10.2 Å². The zero-order chi connectivity index (χ0) is 16.1. The molecule has 4 rings (SSSR count). The molecule has 0 aliphatic rings. The lowest BCUT2D eigenvalue weighted by Crippen LogP contribution is -2.23. The van der Waals surface area contributed by atoms with Crippen molar-refractivity contribution in [2.45, 2.75) is 6.92 Å². The first-order chi connectivity index (χ1) is 11.0. The highest BCUT2D eigenvalue weighted by Gasteiger charge is 2.18. The Morgan fingerprint density at radius 1 is 1.22 bits per heavy atom. The van der Waals surface area contributed by atoms with Gasteiger partial charge in [-0.15, -0.1) is 10.2 Å². The number of fused-ring (bicyclic) bond motifs is 2. The highest BCUT2D eigenvalue weighted by molar-refractivity contribution is 6.01. The first-order valence-electron chi connectivity index (χ1n) is 6.82. The number of aromatic nitrogens is 4. The van der Waals surface area contributed by atoms with Gasteiger partial charge >= 0.3 is 5.76 Å². The summed E-state index contributed by atoms with van der Waals surface area (Å²) < 4.78 is 7.79. The molecule has 0 fully saturated rings. The van der Waals surface area contributed by atoms with Gasteiger partial charge in [-0.25, -0.2) is 9.36 Å². The van der Waals surface area contributed by atoms with Crippen LogP contribution in [0.1, 0.15) is 16.2 Å². The molecule has 0 unspecified atom stereocenters. The third kappa shape index (κ3) is 1.92. The number of anilines is 1. The minimum Gasteiger partial charge on any atom is -0.407 e. The number of pyridine rings is 1. The van der Waals surface area contributed by atoms with Crippen molar-refractivity contribution in [1.82, 2.24) is 19.2 Å². The quantitative estimate of drug-likeness (QED) is 0.529. The Balaban J connectivity index is 1.92. The number of nitrogens with zero attached hydrogens (tertiary/aromatic N) is 4. The number of benzene rings is 1. The Bertz CT molecular complexity index is 1140. The molecule has 3 heterocycles. The Kier molecular flexibility index (Phi) is 2.61. The number of nitrogen functional groups attached to an aromatic ring is 1. The van der Waals surface area contributed by atoms with Crippen LogP contribution < -0.4 is 11.5 Å². The molecular formula is C15H11N5O3. The molecule has 0 saturated carbocycles. The summed E-state index contributed by atoms with van der Waals surface area (Å²) in [6.45, 7) is 1.80. The van der Waals surface area contributed by atoms with E-state index in [9.17, 15) is 9.59 Å². The number of rotatable bonds is 1. The summed E-state index contributed by atoms with van der Waals surface area (Å²) >= 11 is 0. The molecule has 0 atom stereocenters. The fourth-order valence-electron chi connectivity index (χ4n) is 2.50. The molecule has 0 spiro atoms. The monoisotopic (exact) mass is 309 g/mol. The average molecular weight is 309 g/mol. The molecule has 2 N–H and O–H groups in total. The molecule has 114 valence electrons. The summed E-state index contributed by atoms with van der Waals surface area (Å²) in [6.07, 6.45) is 1.68. The minimum absolute atomic E-state index is 0.303. The van der Waals surface area contributed by atoms with Crippen molar-refractivity contribution in [2.75, 3.05) is 5.73 Å². The highest BCUT2D eigenvalue weighted by Crippen LogP contribution is 2.18. The number of carbonyl (C=O) groups excluding carboxylic acids is 1. The van der Waals surface area contributed by atoms with Gasteiger partial charge in [0.1, 0.15) is 11.3 Å². The molecule has 8 heteroatoms. The van der Waals surface area contributed by atoms with Crippen LogP contribution in [0, 0.1) is 6.92 Å². The van der Waals surface area contributed by atoms with Crippen LogP contribution in [0.2, 0.25) is 0 Å². The lowest BCUT2D eigenvalue weighted by molar-refractivity contribution is 0.0956. The maximum Gasteiger partial charge on any atom is 0.427 e. The van der Waals surface area contributed by atoms with Gasteiger partial charge in [0, 0.05) is 17.4 Å². The number of nitrogens with two attached hydrogens (primary N) is 1. The number of hydrogen-bond donors (Lipinski definition) is 1. The molecule has 0 amide bonds. The van der Waals surface area contributed by atoms with E-state index in [0.29, 0.717) is 33.8 Å². The Morgan fingerprint density at radius 3 is 2.87 bits per heavy atom. The smallest absolute Gasteiger partial charge is 0.407 e. The number of carbonyl (C=O) groups is 1. The van der Waals surface area contributed by atoms with Crippen LogP contribution in [-0.2, 0) is 0 Å². The highest BCUT2D eigenvalue weighted by atomic mass is 16.4. The summed E-state index contributed by atoms with van der Waals surface area (Å²) in [5.41, 5.74) is 7.62. The van der Waals surface area contributed by atoms with Crippen LogP contribution in [0.25, 0.3) is 16.7 Å². The zero-order valence-corrected chi connectivity index (χ0v) is 12.1. The number of oxazole rings is 1. The first-order valence-corrected chi connectivity index (χ1v) is 6.82. The molecule has 3 aromatic heterocycles. The number of hydrogen-bond acceptors (Lipinski definition) is 6. The van der Waals surface area contributed by atoms with E-state index in [1.54, 1.807) is 41.8 Å². The second-order valence-electron chi connectivity index (χ2n) is 5.13. The van der Waals surface area contributed by atoms with E-state index in [-0.39, 0.29) is 0 Å². The van der Waals surface area contributed by atoms with Crippen LogP contribution in [0.15, 0.2) is 45.7 Å². The lowest BCUT2D eigenvalue weighted by Gasteiger charge is -2.03. The molecule has 1 aromatic carbocycles. The maximum absolute atomic E-state index is 12.7. The SMILES string of the molecule is Cc1nnc2cc(C(=O)n3c(=O)oc4ccc(N)cc43)ccn12. The topological polar surface area (TPSA) is 108 Å². The van der Waals surface area contributed by atoms with Crippen LogP contribution in [0.4, 0.5) is 5.69 Å². The van der Waals surface area contributed by atoms with Gasteiger partial charge in [-0.3, -0.25) is 9.20 Å². The van der Waals surface area contributed by atoms with Gasteiger partial charge in [0.25, 0.3) is 5.91 Å². The molecule has 8 nitrogen and oxygen atoms in total. The van der Waals surface area contributed by atoms with Crippen molar-refractivity contribution >= 4 is 28.3 Å². The fraction of sp³-hybridized carbons (Fsp3) is 0.0667. The Morgan fingerprint density at radius 2 is 2.04 bits per heavy atom. The maximum atomic E-state index is 12.7. The first kappa shape index (κ1) is 13.3. The summed E-state index contributed by atoms with van der Waals surface area (Å²) in [7, 11) is 0. The predicted molar refractivity (Wildman–Crippen MR) is 82.3 cm³/mol. The second-order valence-corrected chi connectivity index (χ2v) is 5.13. The Hall–Kier alpha value is -3.42. The van der Waals surface area contributed by atoms with Crippen molar-refractivity contribution in [3.05, 3.63) is 58.5 Å². The predicted octanol–water partition coefficient (Wildman–Crippen LogP) is 1.22. The number of aryl methyl sites for hydroxylation is 1. The summed E-state index contributed by atoms with van der Waals surface area (Å²) in [5.74, 6) is -0.562. The van der Waals surface area contributed by atoms with Gasteiger partial charge in [-0.1, -0.05) is 0 Å². The average Bonchev–Trinajstić information content (AvgIpc) is 3.06. The normalized spacial score (nSPS) is 11.3. The molecule has 4 aromatic rings. The van der Waals surface area contributed by atoms with Crippen LogP contribution >= 0.6 is 0 Å². The molecule has 0 aliphatic carbocycles. The summed E-state index contributed by atoms with van der Waals surface area (Å²) in [5, 5.41) is 7.91. The van der Waals surface area contributed by atoms with Gasteiger partial charge in [-0.05, 0) is 37.3 Å². The van der Waals surface area contributed by atoms with Gasteiger partial charge in [0.05, 0.1) is 0 Å². The lowest BCUT2D eigenvalue weighted by atomic mass is 10.2. The van der Waals surface area contributed by atoms with Crippen LogP contribution in [0.5, 0.6) is 0 Å². The van der Waals surface area contributed by atoms with Crippen molar-refractivity contribution in [3.8, 4) is 0 Å². The van der Waals surface area contributed by atoms with Crippen molar-refractivity contribution in [1.29, 1.82) is 0 Å². The summed E-state index contributed by atoms with van der Waals surface area (Å²) in [4.78, 5) is 24.7. The van der Waals surface area contributed by atoms with Crippen molar-refractivity contribution in [2.24, 2.45) is 0 Å². The van der Waals surface area contributed by atoms with Gasteiger partial charge in [-0.2, -0.15) is 0 Å². The molecule has 0 aliphatic heterocycles. The Labute approximate surface area is 128 Å². The van der Waals surface area contributed by atoms with E-state index < -0.39 is 11.7 Å². The van der Waals surface area contributed by atoms with Crippen LogP contribution in [-0.4, -0.2) is 25.1 Å². The van der Waals surface area contributed by atoms with Crippen molar-refractivity contribution < 1.29 is 9.21 Å². The molecule has 23 heavy (non-hydrogen) atoms. The fourth-order valence-corrected chi connectivity index (χ4v) is 2.50. The van der Waals surface area contributed by atoms with E-state index in [4.69, 9.17) is 10.2 Å². The third-order valence-electron chi connectivity index (χ3n) is 3.63. The minimum atomic E-state index is -0.756. The zero-order valence-electron chi connectivity index (χ0n) is 12.1. The van der Waals surface area contributed by atoms with E-state index in [1.165, 1.54) is 6.07 Å². The van der Waals surface area contributed by atoms with E-state index in [1.807, 2.05) is 0 Å². The molecule has 0 radical (unpaired) electrons. The van der Waals surface area contributed by atoms with E-state index in [0.717, 1.165) is 4.57 Å². The van der Waals surface area contributed by atoms with Crippen molar-refractivity contribution in [3.63, 3.8) is 0 Å². The largest absolute Gasteiger partial charge is 0.427 e. The molecular weight excluding hydrogens is 298 g/mol. The van der Waals surface area contributed by atoms with E-state index in [2.05, 4.69) is 10.2 Å². The van der Waals surface area contributed by atoms with Crippen LogP contribution in [0.3, 0.4) is 0 Å². The standard InChI is InChI=1S/C15H11N5O3/c1-8-17-18-13-6-9(4-5-19(8)13)14(21)20-11-7-10(16)2-3-12(11)23-15(20)22/h2-7H,16H2,1H3.